The molecule has 0 N–H and O–H groups in total. The van der Waals surface area contributed by atoms with Gasteiger partial charge in [-0.2, -0.15) is 0 Å². The molecule has 0 spiro atoms. The Morgan fingerprint density at radius 1 is 1.13 bits per heavy atom. The lowest BCUT2D eigenvalue weighted by Gasteiger charge is -2.22. The SMILES string of the molecule is CCOC(=O)c1ccc2nc(N3C(=O)c4oc5ccccc5c(=O)c4C3c3cccc([N+](=O)[O-])c3)sc2c1. The maximum atomic E-state index is 13.8. The Labute approximate surface area is 217 Å². The quantitative estimate of drug-likeness (QED) is 0.172. The molecule has 1 aliphatic heterocycles. The number of carbonyl (C=O) groups excluding carboxylic acids is 2. The summed E-state index contributed by atoms with van der Waals surface area (Å²) in [6.07, 6.45) is 0. The summed E-state index contributed by atoms with van der Waals surface area (Å²) < 4.78 is 11.6. The topological polar surface area (TPSA) is 133 Å². The van der Waals surface area contributed by atoms with Crippen LogP contribution in [0.3, 0.4) is 0 Å². The fourth-order valence-corrected chi connectivity index (χ4v) is 5.63. The Morgan fingerprint density at radius 3 is 2.74 bits per heavy atom. The summed E-state index contributed by atoms with van der Waals surface area (Å²) in [6, 6.07) is 16.2. The van der Waals surface area contributed by atoms with Gasteiger partial charge in [0, 0.05) is 12.1 Å². The van der Waals surface area contributed by atoms with E-state index in [4.69, 9.17) is 9.15 Å². The molecule has 0 fully saturated rings. The Hall–Kier alpha value is -4.90. The lowest BCUT2D eigenvalue weighted by molar-refractivity contribution is -0.384. The Morgan fingerprint density at radius 2 is 1.95 bits per heavy atom. The van der Waals surface area contributed by atoms with E-state index >= 15 is 0 Å². The number of rotatable bonds is 5. The van der Waals surface area contributed by atoms with E-state index in [0.717, 1.165) is 11.3 Å². The Kier molecular flexibility index (Phi) is 5.50. The van der Waals surface area contributed by atoms with Crippen molar-refractivity contribution in [1.82, 2.24) is 4.98 Å². The number of nitro groups is 1. The van der Waals surface area contributed by atoms with Crippen LogP contribution in [0.25, 0.3) is 21.2 Å². The number of para-hydroxylation sites is 1. The molecule has 0 aliphatic carbocycles. The van der Waals surface area contributed by atoms with Crippen molar-refractivity contribution in [2.75, 3.05) is 11.5 Å². The molecule has 11 heteroatoms. The van der Waals surface area contributed by atoms with Crippen LogP contribution >= 0.6 is 11.3 Å². The van der Waals surface area contributed by atoms with Crippen LogP contribution in [-0.4, -0.2) is 28.4 Å². The third-order valence-corrected chi connectivity index (χ3v) is 7.29. The molecule has 3 heterocycles. The molecule has 1 atom stereocenters. The third kappa shape index (κ3) is 3.63. The summed E-state index contributed by atoms with van der Waals surface area (Å²) in [5.41, 5.74) is 0.985. The zero-order chi connectivity index (χ0) is 26.6. The minimum absolute atomic E-state index is 0.0840. The van der Waals surface area contributed by atoms with Crippen molar-refractivity contribution in [2.45, 2.75) is 13.0 Å². The van der Waals surface area contributed by atoms with Gasteiger partial charge in [0.25, 0.3) is 11.6 Å². The highest BCUT2D eigenvalue weighted by Crippen LogP contribution is 2.44. The Bertz CT molecular complexity index is 1860. The predicted octanol–water partition coefficient (Wildman–Crippen LogP) is 5.24. The van der Waals surface area contributed by atoms with E-state index in [9.17, 15) is 24.5 Å². The number of hydrogen-bond donors (Lipinski definition) is 0. The predicted molar refractivity (Wildman–Crippen MR) is 140 cm³/mol. The number of non-ortho nitro benzene ring substituents is 1. The van der Waals surface area contributed by atoms with Crippen molar-refractivity contribution >= 4 is 55.2 Å². The highest BCUT2D eigenvalue weighted by Gasteiger charge is 2.45. The molecule has 188 valence electrons. The average molecular weight is 528 g/mol. The number of carbonyl (C=O) groups is 2. The lowest BCUT2D eigenvalue weighted by atomic mass is 9.98. The largest absolute Gasteiger partial charge is 0.462 e. The standard InChI is InChI=1S/C27H17N3O7S/c1-2-36-26(33)15-10-11-18-20(13-15)38-27(28-18)29-22(14-6-5-7-16(12-14)30(34)35)21-23(31)17-8-3-4-9-19(17)37-24(21)25(29)32/h3-13,22H,2H2,1H3. The number of benzene rings is 3. The van der Waals surface area contributed by atoms with E-state index in [1.165, 1.54) is 23.1 Å². The van der Waals surface area contributed by atoms with Crippen molar-refractivity contribution in [3.63, 3.8) is 0 Å². The van der Waals surface area contributed by atoms with Gasteiger partial charge < -0.3 is 9.15 Å². The van der Waals surface area contributed by atoms with Crippen molar-refractivity contribution in [3.8, 4) is 0 Å². The number of hydrogen-bond acceptors (Lipinski definition) is 9. The van der Waals surface area contributed by atoms with Gasteiger partial charge in [-0.1, -0.05) is 35.6 Å². The maximum absolute atomic E-state index is 13.8. The maximum Gasteiger partial charge on any atom is 0.338 e. The summed E-state index contributed by atoms with van der Waals surface area (Å²) in [4.78, 5) is 56.6. The minimum atomic E-state index is -1.01. The van der Waals surface area contributed by atoms with Crippen LogP contribution in [0.2, 0.25) is 0 Å². The number of nitro benzene ring substituents is 1. The second-order valence-electron chi connectivity index (χ2n) is 8.50. The van der Waals surface area contributed by atoms with Gasteiger partial charge in [0.2, 0.25) is 5.76 Å². The minimum Gasteiger partial charge on any atom is -0.462 e. The number of ether oxygens (including phenoxy) is 1. The first kappa shape index (κ1) is 23.5. The van der Waals surface area contributed by atoms with Crippen LogP contribution in [0.1, 0.15) is 45.0 Å². The number of esters is 1. The zero-order valence-corrected chi connectivity index (χ0v) is 20.6. The third-order valence-electron chi connectivity index (χ3n) is 6.27. The summed E-state index contributed by atoms with van der Waals surface area (Å²) in [5, 5.41) is 12.1. The zero-order valence-electron chi connectivity index (χ0n) is 19.7. The molecule has 0 saturated carbocycles. The van der Waals surface area contributed by atoms with Gasteiger partial charge in [0.15, 0.2) is 10.6 Å². The van der Waals surface area contributed by atoms with E-state index in [1.807, 2.05) is 0 Å². The van der Waals surface area contributed by atoms with Crippen LogP contribution < -0.4 is 10.3 Å². The number of anilines is 1. The highest BCUT2D eigenvalue weighted by molar-refractivity contribution is 7.22. The molecule has 6 rings (SSSR count). The second kappa shape index (κ2) is 8.89. The molecule has 0 bridgehead atoms. The number of nitrogens with zero attached hydrogens (tertiary/aromatic N) is 3. The molecule has 10 nitrogen and oxygen atoms in total. The molecule has 1 aliphatic rings. The van der Waals surface area contributed by atoms with Gasteiger partial charge in [0.05, 0.1) is 44.3 Å². The number of amides is 1. The summed E-state index contributed by atoms with van der Waals surface area (Å²) in [6.45, 7) is 1.94. The first-order valence-electron chi connectivity index (χ1n) is 11.6. The first-order chi connectivity index (χ1) is 18.4. The fraction of sp³-hybridized carbons (Fsp3) is 0.111. The normalized spacial score (nSPS) is 14.7. The lowest BCUT2D eigenvalue weighted by Crippen LogP contribution is -2.29. The van der Waals surface area contributed by atoms with Crippen LogP contribution in [-0.2, 0) is 4.74 Å². The molecule has 1 unspecified atom stereocenters. The van der Waals surface area contributed by atoms with Crippen molar-refractivity contribution in [2.24, 2.45) is 0 Å². The van der Waals surface area contributed by atoms with Crippen LogP contribution in [0.15, 0.2) is 75.9 Å². The summed E-state index contributed by atoms with van der Waals surface area (Å²) in [5.74, 6) is -1.22. The van der Waals surface area contributed by atoms with Gasteiger partial charge in [-0.15, -0.1) is 0 Å². The van der Waals surface area contributed by atoms with Gasteiger partial charge in [-0.3, -0.25) is 24.6 Å². The number of thiazole rings is 1. The fourth-order valence-electron chi connectivity index (χ4n) is 4.60. The Balaban J connectivity index is 1.57. The van der Waals surface area contributed by atoms with E-state index < -0.39 is 28.3 Å². The van der Waals surface area contributed by atoms with E-state index in [0.29, 0.717) is 26.7 Å². The molecule has 0 radical (unpaired) electrons. The van der Waals surface area contributed by atoms with Crippen molar-refractivity contribution in [3.05, 3.63) is 110 Å². The molecular weight excluding hydrogens is 510 g/mol. The van der Waals surface area contributed by atoms with Crippen LogP contribution in [0.4, 0.5) is 10.8 Å². The van der Waals surface area contributed by atoms with E-state index in [1.54, 1.807) is 55.5 Å². The van der Waals surface area contributed by atoms with Crippen molar-refractivity contribution < 1.29 is 23.7 Å². The molecule has 0 saturated heterocycles. The van der Waals surface area contributed by atoms with Crippen LogP contribution in [0.5, 0.6) is 0 Å². The van der Waals surface area contributed by atoms with Gasteiger partial charge in [0.1, 0.15) is 5.58 Å². The van der Waals surface area contributed by atoms with E-state index in [2.05, 4.69) is 4.98 Å². The highest BCUT2D eigenvalue weighted by atomic mass is 32.1. The van der Waals surface area contributed by atoms with Gasteiger partial charge >= 0.3 is 5.97 Å². The molecule has 38 heavy (non-hydrogen) atoms. The molecule has 5 aromatic rings. The molecular formula is C27H17N3O7S. The van der Waals surface area contributed by atoms with Gasteiger partial charge in [-0.25, -0.2) is 9.78 Å². The molecule has 1 amide bonds. The number of fused-ring (bicyclic) bond motifs is 3. The average Bonchev–Trinajstić information content (AvgIpc) is 3.47. The smallest absolute Gasteiger partial charge is 0.338 e. The van der Waals surface area contributed by atoms with Gasteiger partial charge in [-0.05, 0) is 42.8 Å². The van der Waals surface area contributed by atoms with Crippen LogP contribution in [0, 0.1) is 10.1 Å². The summed E-state index contributed by atoms with van der Waals surface area (Å²) >= 11 is 1.15. The van der Waals surface area contributed by atoms with Crippen molar-refractivity contribution in [1.29, 1.82) is 0 Å². The number of aromatic nitrogens is 1. The second-order valence-corrected chi connectivity index (χ2v) is 9.51. The van der Waals surface area contributed by atoms with E-state index in [-0.39, 0.29) is 34.3 Å². The molecule has 3 aromatic carbocycles. The monoisotopic (exact) mass is 527 g/mol. The molecule has 2 aromatic heterocycles. The summed E-state index contributed by atoms with van der Waals surface area (Å²) in [7, 11) is 0. The first-order valence-corrected chi connectivity index (χ1v) is 12.4.